The van der Waals surface area contributed by atoms with Crippen molar-refractivity contribution in [1.29, 1.82) is 0 Å². The maximum atomic E-state index is 11.9. The summed E-state index contributed by atoms with van der Waals surface area (Å²) in [6.07, 6.45) is 4.11. The van der Waals surface area contributed by atoms with E-state index in [0.717, 1.165) is 6.42 Å². The van der Waals surface area contributed by atoms with Gasteiger partial charge in [-0.2, -0.15) is 0 Å². The second kappa shape index (κ2) is 7.79. The number of carbonyl (C=O) groups is 1. The van der Waals surface area contributed by atoms with E-state index in [4.69, 9.17) is 0 Å². The molecule has 0 saturated heterocycles. The van der Waals surface area contributed by atoms with Gasteiger partial charge in [-0.1, -0.05) is 12.1 Å². The predicted molar refractivity (Wildman–Crippen MR) is 88.2 cm³/mol. The smallest absolute Gasteiger partial charge is 0.251 e. The minimum Gasteiger partial charge on any atom is -0.352 e. The first-order valence-corrected chi connectivity index (χ1v) is 6.83. The zero-order valence-corrected chi connectivity index (χ0v) is 13.5. The highest BCUT2D eigenvalue weighted by Crippen LogP contribution is 2.15. The molecule has 2 aromatic rings. The molecule has 21 heavy (non-hydrogen) atoms. The summed E-state index contributed by atoms with van der Waals surface area (Å²) in [4.78, 5) is 15.8. The molecule has 0 spiro atoms. The monoisotopic (exact) mass is 304 g/mol. The normalized spacial score (nSPS) is 9.86. The first kappa shape index (κ1) is 17.2. The summed E-state index contributed by atoms with van der Waals surface area (Å²) < 4.78 is 0. The third-order valence-corrected chi connectivity index (χ3v) is 3.57. The average molecular weight is 305 g/mol. The number of halogens is 1. The number of benzene rings is 1. The van der Waals surface area contributed by atoms with Crippen molar-refractivity contribution in [2.24, 2.45) is 0 Å². The van der Waals surface area contributed by atoms with Crippen LogP contribution in [-0.2, 0) is 6.42 Å². The van der Waals surface area contributed by atoms with E-state index in [2.05, 4.69) is 43.2 Å². The van der Waals surface area contributed by atoms with Crippen molar-refractivity contribution in [2.45, 2.75) is 27.2 Å². The van der Waals surface area contributed by atoms with Gasteiger partial charge in [-0.3, -0.25) is 9.78 Å². The van der Waals surface area contributed by atoms with Gasteiger partial charge in [0.2, 0.25) is 0 Å². The number of aromatic nitrogens is 1. The van der Waals surface area contributed by atoms with Crippen LogP contribution in [0.1, 0.15) is 32.6 Å². The fourth-order valence-electron chi connectivity index (χ4n) is 2.21. The van der Waals surface area contributed by atoms with Crippen LogP contribution in [0.5, 0.6) is 0 Å². The lowest BCUT2D eigenvalue weighted by Gasteiger charge is -2.10. The molecule has 3 nitrogen and oxygen atoms in total. The Hall–Kier alpha value is -1.87. The summed E-state index contributed by atoms with van der Waals surface area (Å²) in [5.74, 6) is -0.0473. The zero-order chi connectivity index (χ0) is 14.5. The van der Waals surface area contributed by atoms with Crippen molar-refractivity contribution in [3.63, 3.8) is 0 Å². The summed E-state index contributed by atoms with van der Waals surface area (Å²) in [7, 11) is 0. The highest BCUT2D eigenvalue weighted by Gasteiger charge is 2.05. The molecule has 112 valence electrons. The van der Waals surface area contributed by atoms with Gasteiger partial charge in [0.25, 0.3) is 5.91 Å². The van der Waals surface area contributed by atoms with Crippen LogP contribution in [0.2, 0.25) is 0 Å². The molecular formula is C17H21ClN2O. The summed E-state index contributed by atoms with van der Waals surface area (Å²) in [5.41, 5.74) is 5.84. The molecule has 0 unspecified atom stereocenters. The molecule has 0 radical (unpaired) electrons. The van der Waals surface area contributed by atoms with E-state index in [1.807, 2.05) is 0 Å². The van der Waals surface area contributed by atoms with E-state index in [-0.39, 0.29) is 18.3 Å². The molecule has 1 heterocycles. The largest absolute Gasteiger partial charge is 0.352 e. The van der Waals surface area contributed by atoms with Crippen LogP contribution in [0, 0.1) is 20.8 Å². The Morgan fingerprint density at radius 3 is 2.33 bits per heavy atom. The van der Waals surface area contributed by atoms with Gasteiger partial charge >= 0.3 is 0 Å². The van der Waals surface area contributed by atoms with Crippen LogP contribution in [0.25, 0.3) is 0 Å². The van der Waals surface area contributed by atoms with Crippen LogP contribution < -0.4 is 5.32 Å². The van der Waals surface area contributed by atoms with Crippen molar-refractivity contribution >= 4 is 18.3 Å². The summed E-state index contributed by atoms with van der Waals surface area (Å²) >= 11 is 0. The highest BCUT2D eigenvalue weighted by atomic mass is 35.5. The van der Waals surface area contributed by atoms with Gasteiger partial charge in [-0.25, -0.2) is 0 Å². The second-order valence-corrected chi connectivity index (χ2v) is 5.10. The fourth-order valence-corrected chi connectivity index (χ4v) is 2.21. The highest BCUT2D eigenvalue weighted by molar-refractivity contribution is 5.93. The van der Waals surface area contributed by atoms with E-state index < -0.39 is 0 Å². The molecule has 1 N–H and O–H groups in total. The summed E-state index contributed by atoms with van der Waals surface area (Å²) in [6, 6.07) is 7.85. The Kier molecular flexibility index (Phi) is 6.38. The number of rotatable bonds is 4. The van der Waals surface area contributed by atoms with Gasteiger partial charge in [0.05, 0.1) is 0 Å². The number of hydrogen-bond donors (Lipinski definition) is 1. The summed E-state index contributed by atoms with van der Waals surface area (Å²) in [6.45, 7) is 7.00. The molecule has 0 fully saturated rings. The zero-order valence-electron chi connectivity index (χ0n) is 12.6. The fraction of sp³-hybridized carbons (Fsp3) is 0.294. The SMILES string of the molecule is Cc1cc(C)c(CCNC(=O)c2ccncc2)cc1C.Cl. The average Bonchev–Trinajstić information content (AvgIpc) is 2.45. The number of hydrogen-bond acceptors (Lipinski definition) is 2. The topological polar surface area (TPSA) is 42.0 Å². The second-order valence-electron chi connectivity index (χ2n) is 5.10. The van der Waals surface area contributed by atoms with Gasteiger partial charge < -0.3 is 5.32 Å². The third-order valence-electron chi connectivity index (χ3n) is 3.57. The van der Waals surface area contributed by atoms with E-state index in [0.29, 0.717) is 12.1 Å². The van der Waals surface area contributed by atoms with Crippen LogP contribution in [0.4, 0.5) is 0 Å². The molecule has 0 aliphatic carbocycles. The van der Waals surface area contributed by atoms with Gasteiger partial charge in [0.15, 0.2) is 0 Å². The molecule has 1 aromatic carbocycles. The third kappa shape index (κ3) is 4.57. The molecule has 4 heteroatoms. The van der Waals surface area contributed by atoms with Crippen molar-refractivity contribution in [1.82, 2.24) is 10.3 Å². The van der Waals surface area contributed by atoms with Crippen molar-refractivity contribution in [2.75, 3.05) is 6.54 Å². The number of carbonyl (C=O) groups excluding carboxylic acids is 1. The van der Waals surface area contributed by atoms with Gasteiger partial charge in [-0.15, -0.1) is 12.4 Å². The molecule has 0 aliphatic rings. The quantitative estimate of drug-likeness (QED) is 0.940. The van der Waals surface area contributed by atoms with Crippen molar-refractivity contribution in [3.05, 3.63) is 64.5 Å². The van der Waals surface area contributed by atoms with Gasteiger partial charge in [-0.05, 0) is 61.6 Å². The number of nitrogens with zero attached hydrogens (tertiary/aromatic N) is 1. The standard InChI is InChI=1S/C17H20N2O.ClH/c1-12-10-14(3)16(11-13(12)2)6-9-19-17(20)15-4-7-18-8-5-15;/h4-5,7-8,10-11H,6,9H2,1-3H3,(H,19,20);1H. The molecule has 1 amide bonds. The molecular weight excluding hydrogens is 284 g/mol. The number of amides is 1. The Morgan fingerprint density at radius 1 is 1.05 bits per heavy atom. The van der Waals surface area contributed by atoms with E-state index >= 15 is 0 Å². The number of nitrogens with one attached hydrogen (secondary N) is 1. The Bertz CT molecular complexity index is 612. The number of pyridine rings is 1. The lowest BCUT2D eigenvalue weighted by Crippen LogP contribution is -2.25. The molecule has 0 saturated carbocycles. The molecule has 0 bridgehead atoms. The van der Waals surface area contributed by atoms with Crippen molar-refractivity contribution < 1.29 is 4.79 Å². The molecule has 1 aromatic heterocycles. The Labute approximate surface area is 132 Å². The lowest BCUT2D eigenvalue weighted by atomic mass is 9.99. The number of aryl methyl sites for hydroxylation is 3. The predicted octanol–water partition coefficient (Wildman–Crippen LogP) is 3.40. The molecule has 2 rings (SSSR count). The minimum absolute atomic E-state index is 0. The van der Waals surface area contributed by atoms with Crippen molar-refractivity contribution in [3.8, 4) is 0 Å². The Balaban J connectivity index is 0.00000220. The minimum atomic E-state index is -0.0473. The van der Waals surface area contributed by atoms with Crippen LogP contribution in [0.3, 0.4) is 0 Å². The summed E-state index contributed by atoms with van der Waals surface area (Å²) in [5, 5.41) is 2.94. The van der Waals surface area contributed by atoms with E-state index in [1.54, 1.807) is 24.5 Å². The molecule has 0 aliphatic heterocycles. The molecule has 0 atom stereocenters. The first-order chi connectivity index (χ1) is 9.58. The van der Waals surface area contributed by atoms with Crippen LogP contribution in [-0.4, -0.2) is 17.4 Å². The van der Waals surface area contributed by atoms with E-state index in [9.17, 15) is 4.79 Å². The van der Waals surface area contributed by atoms with E-state index in [1.165, 1.54) is 22.3 Å². The Morgan fingerprint density at radius 2 is 1.67 bits per heavy atom. The van der Waals surface area contributed by atoms with Gasteiger partial charge in [0, 0.05) is 24.5 Å². The van der Waals surface area contributed by atoms with Gasteiger partial charge in [0.1, 0.15) is 0 Å². The lowest BCUT2D eigenvalue weighted by molar-refractivity contribution is 0.0954. The van der Waals surface area contributed by atoms with Crippen LogP contribution in [0.15, 0.2) is 36.7 Å². The maximum absolute atomic E-state index is 11.9. The van der Waals surface area contributed by atoms with Crippen LogP contribution >= 0.6 is 12.4 Å². The first-order valence-electron chi connectivity index (χ1n) is 6.83. The maximum Gasteiger partial charge on any atom is 0.251 e.